The van der Waals surface area contributed by atoms with Gasteiger partial charge in [-0.1, -0.05) is 97.1 Å². The lowest BCUT2D eigenvalue weighted by Gasteiger charge is -2.37. The lowest BCUT2D eigenvalue weighted by atomic mass is 9.77. The lowest BCUT2D eigenvalue weighted by Crippen LogP contribution is -2.38. The maximum absolute atomic E-state index is 14.3. The third-order valence-electron chi connectivity index (χ3n) is 9.23. The molecule has 1 heterocycles. The van der Waals surface area contributed by atoms with Crippen LogP contribution in [0.5, 0.6) is 0 Å². The minimum Gasteiger partial charge on any atom is -0.305 e. The number of sulfone groups is 1. The fraction of sp³-hybridized carbons (Fsp3) is 0.0952. The second-order valence-corrected chi connectivity index (χ2v) is 15.1. The highest BCUT2D eigenvalue weighted by Crippen LogP contribution is 2.44. The summed E-state index contributed by atoms with van der Waals surface area (Å²) >= 11 is 0. The van der Waals surface area contributed by atoms with Gasteiger partial charge in [0.2, 0.25) is 9.84 Å². The van der Waals surface area contributed by atoms with Gasteiger partial charge in [0.1, 0.15) is 22.7 Å². The number of nitro benzene ring substituents is 1. The van der Waals surface area contributed by atoms with E-state index in [9.17, 15) is 32.1 Å². The second-order valence-electron chi connectivity index (χ2n) is 13.2. The Labute approximate surface area is 315 Å². The summed E-state index contributed by atoms with van der Waals surface area (Å²) in [5.74, 6) is -3.12. The smallest absolute Gasteiger partial charge is 0.282 e. The van der Waals surface area contributed by atoms with Gasteiger partial charge in [-0.2, -0.15) is 5.10 Å². The topological polar surface area (TPSA) is 127 Å². The first-order valence-electron chi connectivity index (χ1n) is 17.0. The molecule has 10 nitrogen and oxygen atoms in total. The van der Waals surface area contributed by atoms with Gasteiger partial charge in [-0.15, -0.1) is 0 Å². The highest BCUT2D eigenvalue weighted by atomic mass is 32.2. The van der Waals surface area contributed by atoms with E-state index in [1.54, 1.807) is 10.7 Å². The largest absolute Gasteiger partial charge is 0.305 e. The standard InChI is InChI=1S/C42H33F2N5O5S/c1-47(2)27-28-18-20-36(39(22-28)49(51)52)41(50)45-40-37-26-34(55(53,54)35-24-32(43)23-33(44)25-35)19-21-38(37)48(46-40)42(29-12-6-3-7-13-29,30-14-8-4-9-15-30)31-16-10-5-11-17-31/h3-26H,27H2,1-2H3,(H,45,46,50). The van der Waals surface area contributed by atoms with Crippen molar-refractivity contribution in [2.75, 3.05) is 19.4 Å². The molecule has 7 aromatic rings. The van der Waals surface area contributed by atoms with E-state index in [-0.39, 0.29) is 21.7 Å². The normalized spacial score (nSPS) is 11.9. The van der Waals surface area contributed by atoms with E-state index in [1.807, 2.05) is 110 Å². The van der Waals surface area contributed by atoms with Crippen molar-refractivity contribution in [1.82, 2.24) is 14.7 Å². The third-order valence-corrected chi connectivity index (χ3v) is 11.0. The van der Waals surface area contributed by atoms with E-state index in [0.29, 0.717) is 23.7 Å². The Morgan fingerprint density at radius 2 is 1.31 bits per heavy atom. The number of nitrogens with zero attached hydrogens (tertiary/aromatic N) is 4. The molecular formula is C42H33F2N5O5S. The first kappa shape index (κ1) is 36.8. The molecule has 0 saturated heterocycles. The van der Waals surface area contributed by atoms with Crippen LogP contribution in [0.15, 0.2) is 155 Å². The number of hydrogen-bond donors (Lipinski definition) is 1. The van der Waals surface area contributed by atoms with Crippen LogP contribution < -0.4 is 5.32 Å². The number of aromatic nitrogens is 2. The molecule has 0 bridgehead atoms. The van der Waals surface area contributed by atoms with Gasteiger partial charge in [-0.25, -0.2) is 21.9 Å². The minimum atomic E-state index is -4.51. The lowest BCUT2D eigenvalue weighted by molar-refractivity contribution is -0.385. The molecule has 13 heteroatoms. The molecule has 55 heavy (non-hydrogen) atoms. The van der Waals surface area contributed by atoms with Crippen molar-refractivity contribution < 1.29 is 26.9 Å². The summed E-state index contributed by atoms with van der Waals surface area (Å²) in [6, 6.07) is 38.9. The number of amides is 1. The number of hydrogen-bond acceptors (Lipinski definition) is 7. The van der Waals surface area contributed by atoms with Crippen molar-refractivity contribution in [3.63, 3.8) is 0 Å². The van der Waals surface area contributed by atoms with Crippen LogP contribution in [0.1, 0.15) is 32.6 Å². The van der Waals surface area contributed by atoms with Crippen molar-refractivity contribution in [3.8, 4) is 0 Å². The molecule has 0 aliphatic heterocycles. The summed E-state index contributed by atoms with van der Waals surface area (Å²) in [5.41, 5.74) is 1.41. The van der Waals surface area contributed by atoms with Crippen LogP contribution >= 0.6 is 0 Å². The number of halogens is 2. The van der Waals surface area contributed by atoms with E-state index >= 15 is 0 Å². The molecule has 0 fully saturated rings. The highest BCUT2D eigenvalue weighted by Gasteiger charge is 2.41. The Bertz CT molecular complexity index is 2560. The average Bonchev–Trinajstić information content (AvgIpc) is 3.53. The summed E-state index contributed by atoms with van der Waals surface area (Å²) in [6.45, 7) is 0.394. The van der Waals surface area contributed by atoms with Gasteiger partial charge < -0.3 is 10.2 Å². The van der Waals surface area contributed by atoms with Crippen LogP contribution in [0.2, 0.25) is 0 Å². The zero-order valence-corrected chi connectivity index (χ0v) is 30.4. The molecule has 1 amide bonds. The number of carbonyl (C=O) groups excluding carboxylic acids is 1. The van der Waals surface area contributed by atoms with Gasteiger partial charge in [0.15, 0.2) is 5.82 Å². The van der Waals surface area contributed by atoms with E-state index in [1.165, 1.54) is 30.3 Å². The molecule has 0 aliphatic rings. The molecule has 6 aromatic carbocycles. The van der Waals surface area contributed by atoms with Crippen LogP contribution in [0.3, 0.4) is 0 Å². The number of fused-ring (bicyclic) bond motifs is 1. The third kappa shape index (κ3) is 6.86. The molecule has 1 aromatic heterocycles. The molecule has 0 spiro atoms. The van der Waals surface area contributed by atoms with Crippen molar-refractivity contribution in [1.29, 1.82) is 0 Å². The molecule has 0 saturated carbocycles. The van der Waals surface area contributed by atoms with Crippen LogP contribution in [-0.4, -0.2) is 48.0 Å². The number of benzene rings is 6. The maximum atomic E-state index is 14.3. The molecule has 7 rings (SSSR count). The number of anilines is 1. The zero-order chi connectivity index (χ0) is 38.9. The second kappa shape index (κ2) is 14.7. The van der Waals surface area contributed by atoms with Gasteiger partial charge >= 0.3 is 0 Å². The summed E-state index contributed by atoms with van der Waals surface area (Å²) in [7, 11) is -0.885. The van der Waals surface area contributed by atoms with Gasteiger partial charge in [-0.3, -0.25) is 14.9 Å². The Kier molecular flexibility index (Phi) is 9.82. The van der Waals surface area contributed by atoms with Crippen LogP contribution in [0.4, 0.5) is 20.3 Å². The molecule has 0 aliphatic carbocycles. The molecule has 1 N–H and O–H groups in total. The van der Waals surface area contributed by atoms with E-state index in [0.717, 1.165) is 28.8 Å². The van der Waals surface area contributed by atoms with E-state index in [4.69, 9.17) is 5.10 Å². The van der Waals surface area contributed by atoms with Gasteiger partial charge in [0.25, 0.3) is 11.6 Å². The SMILES string of the molecule is CN(C)Cc1ccc(C(=O)Nc2nn(C(c3ccccc3)(c3ccccc3)c3ccccc3)c3ccc(S(=O)(=O)c4cc(F)cc(F)c4)cc23)c([N+](=O)[O-])c1. The Hall–Kier alpha value is -6.57. The fourth-order valence-corrected chi connectivity index (χ4v) is 8.22. The Morgan fingerprint density at radius 1 is 0.764 bits per heavy atom. The van der Waals surface area contributed by atoms with Crippen molar-refractivity contribution >= 4 is 38.2 Å². The molecular weight excluding hydrogens is 725 g/mol. The van der Waals surface area contributed by atoms with Crippen LogP contribution in [0, 0.1) is 21.7 Å². The Balaban J connectivity index is 1.51. The summed E-state index contributed by atoms with van der Waals surface area (Å²) < 4.78 is 58.0. The Morgan fingerprint density at radius 3 is 1.82 bits per heavy atom. The molecule has 0 unspecified atom stereocenters. The summed E-state index contributed by atoms with van der Waals surface area (Å²) in [6.07, 6.45) is 0. The fourth-order valence-electron chi connectivity index (χ4n) is 6.90. The van der Waals surface area contributed by atoms with Crippen molar-refractivity contribution in [2.24, 2.45) is 0 Å². The number of nitrogens with one attached hydrogen (secondary N) is 1. The minimum absolute atomic E-state index is 0.110. The zero-order valence-electron chi connectivity index (χ0n) is 29.6. The highest BCUT2D eigenvalue weighted by molar-refractivity contribution is 7.91. The van der Waals surface area contributed by atoms with Gasteiger partial charge in [0, 0.05) is 24.1 Å². The first-order valence-corrected chi connectivity index (χ1v) is 18.5. The predicted molar refractivity (Wildman–Crippen MR) is 205 cm³/mol. The van der Waals surface area contributed by atoms with E-state index in [2.05, 4.69) is 5.32 Å². The van der Waals surface area contributed by atoms with E-state index < -0.39 is 48.4 Å². The van der Waals surface area contributed by atoms with Crippen molar-refractivity contribution in [3.05, 3.63) is 195 Å². The van der Waals surface area contributed by atoms with Crippen LogP contribution in [0.25, 0.3) is 10.9 Å². The maximum Gasteiger partial charge on any atom is 0.282 e. The first-order chi connectivity index (χ1) is 26.4. The van der Waals surface area contributed by atoms with Crippen LogP contribution in [-0.2, 0) is 21.9 Å². The number of carbonyl (C=O) groups is 1. The van der Waals surface area contributed by atoms with Crippen molar-refractivity contribution in [2.45, 2.75) is 21.9 Å². The molecule has 0 radical (unpaired) electrons. The quantitative estimate of drug-likeness (QED) is 0.0801. The summed E-state index contributed by atoms with van der Waals surface area (Å²) in [5, 5.41) is 20.1. The monoisotopic (exact) mass is 757 g/mol. The predicted octanol–water partition coefficient (Wildman–Crippen LogP) is 8.21. The summed E-state index contributed by atoms with van der Waals surface area (Å²) in [4.78, 5) is 26.6. The van der Waals surface area contributed by atoms with Gasteiger partial charge in [-0.05, 0) is 72.7 Å². The average molecular weight is 758 g/mol. The number of nitro groups is 1. The molecule has 276 valence electrons. The number of rotatable bonds is 11. The molecule has 0 atom stereocenters. The van der Waals surface area contributed by atoms with Gasteiger partial charge in [0.05, 0.1) is 20.2 Å².